The van der Waals surface area contributed by atoms with E-state index in [1.54, 1.807) is 6.07 Å². The number of piperazine rings is 1. The second-order valence-electron chi connectivity index (χ2n) is 6.91. The molecule has 0 radical (unpaired) electrons. The van der Waals surface area contributed by atoms with Gasteiger partial charge in [-0.2, -0.15) is 0 Å². The lowest BCUT2D eigenvalue weighted by atomic mass is 10.1. The van der Waals surface area contributed by atoms with Gasteiger partial charge in [-0.25, -0.2) is 0 Å². The van der Waals surface area contributed by atoms with Crippen LogP contribution in [0.25, 0.3) is 0 Å². The van der Waals surface area contributed by atoms with E-state index in [0.717, 1.165) is 49.9 Å². The first-order chi connectivity index (χ1) is 13.2. The van der Waals surface area contributed by atoms with Crippen molar-refractivity contribution in [2.24, 2.45) is 0 Å². The second-order valence-corrected chi connectivity index (χ2v) is 6.91. The van der Waals surface area contributed by atoms with Gasteiger partial charge in [0.2, 0.25) is 11.8 Å². The van der Waals surface area contributed by atoms with E-state index in [-0.39, 0.29) is 5.91 Å². The van der Waals surface area contributed by atoms with Crippen LogP contribution in [0.1, 0.15) is 11.3 Å². The van der Waals surface area contributed by atoms with Gasteiger partial charge in [-0.1, -0.05) is 11.2 Å². The molecule has 8 nitrogen and oxygen atoms in total. The molecule has 0 atom stereocenters. The molecule has 27 heavy (non-hydrogen) atoms. The Morgan fingerprint density at radius 1 is 1.07 bits per heavy atom. The molecule has 1 saturated heterocycles. The highest BCUT2D eigenvalue weighted by Crippen LogP contribution is 2.31. The Morgan fingerprint density at radius 2 is 1.81 bits per heavy atom. The summed E-state index contributed by atoms with van der Waals surface area (Å²) in [4.78, 5) is 16.7. The SMILES string of the molecule is Cc1cc(NC(=O)CN2CCN(Cc3ccc4c(c3)OCCO4)CC2)on1. The van der Waals surface area contributed by atoms with Crippen LogP contribution in [0.5, 0.6) is 11.5 Å². The van der Waals surface area contributed by atoms with E-state index in [4.69, 9.17) is 14.0 Å². The predicted octanol–water partition coefficient (Wildman–Crippen LogP) is 1.51. The predicted molar refractivity (Wildman–Crippen MR) is 99.0 cm³/mol. The van der Waals surface area contributed by atoms with Gasteiger partial charge in [0.1, 0.15) is 13.2 Å². The molecular weight excluding hydrogens is 348 g/mol. The highest BCUT2D eigenvalue weighted by atomic mass is 16.6. The fourth-order valence-electron chi connectivity index (χ4n) is 3.35. The van der Waals surface area contributed by atoms with E-state index >= 15 is 0 Å². The number of nitrogens with one attached hydrogen (secondary N) is 1. The normalized spacial score (nSPS) is 17.7. The van der Waals surface area contributed by atoms with E-state index in [0.29, 0.717) is 25.6 Å². The van der Waals surface area contributed by atoms with Crippen molar-refractivity contribution in [3.63, 3.8) is 0 Å². The summed E-state index contributed by atoms with van der Waals surface area (Å²) in [6, 6.07) is 7.85. The number of carbonyl (C=O) groups excluding carboxylic acids is 1. The second kappa shape index (κ2) is 7.98. The third-order valence-corrected chi connectivity index (χ3v) is 4.74. The minimum atomic E-state index is -0.0774. The zero-order valence-electron chi connectivity index (χ0n) is 15.4. The first-order valence-corrected chi connectivity index (χ1v) is 9.22. The highest BCUT2D eigenvalue weighted by Gasteiger charge is 2.20. The van der Waals surface area contributed by atoms with Crippen molar-refractivity contribution in [2.75, 3.05) is 51.3 Å². The summed E-state index contributed by atoms with van der Waals surface area (Å²) in [5, 5.41) is 6.51. The van der Waals surface area contributed by atoms with Crippen molar-refractivity contribution in [3.8, 4) is 11.5 Å². The summed E-state index contributed by atoms with van der Waals surface area (Å²) in [6.45, 7) is 7.81. The molecule has 0 unspecified atom stereocenters. The Kier molecular flexibility index (Phi) is 5.26. The van der Waals surface area contributed by atoms with E-state index < -0.39 is 0 Å². The quantitative estimate of drug-likeness (QED) is 0.852. The van der Waals surface area contributed by atoms with Crippen molar-refractivity contribution in [1.29, 1.82) is 0 Å². The van der Waals surface area contributed by atoms with Gasteiger partial charge < -0.3 is 14.0 Å². The molecule has 0 bridgehead atoms. The maximum absolute atomic E-state index is 12.1. The Labute approximate surface area is 158 Å². The number of ether oxygens (including phenoxy) is 2. The number of anilines is 1. The standard InChI is InChI=1S/C19H24N4O4/c1-14-10-19(27-21-14)20-18(24)13-23-6-4-22(5-7-23)12-15-2-3-16-17(11-15)26-9-8-25-16/h2-3,10-11H,4-9,12-13H2,1H3,(H,20,24). The molecule has 0 aliphatic carbocycles. The van der Waals surface area contributed by atoms with Crippen LogP contribution in [0.15, 0.2) is 28.8 Å². The van der Waals surface area contributed by atoms with Crippen molar-refractivity contribution >= 4 is 11.8 Å². The number of aromatic nitrogens is 1. The highest BCUT2D eigenvalue weighted by molar-refractivity contribution is 5.90. The summed E-state index contributed by atoms with van der Waals surface area (Å²) in [6.07, 6.45) is 0. The number of carbonyl (C=O) groups is 1. The fraction of sp³-hybridized carbons (Fsp3) is 0.474. The third-order valence-electron chi connectivity index (χ3n) is 4.74. The number of rotatable bonds is 5. The van der Waals surface area contributed by atoms with Crippen LogP contribution in [-0.2, 0) is 11.3 Å². The third kappa shape index (κ3) is 4.58. The van der Waals surface area contributed by atoms with Crippen molar-refractivity contribution in [2.45, 2.75) is 13.5 Å². The van der Waals surface area contributed by atoms with Crippen LogP contribution in [0.2, 0.25) is 0 Å². The summed E-state index contributed by atoms with van der Waals surface area (Å²) in [5.41, 5.74) is 1.96. The lowest BCUT2D eigenvalue weighted by Crippen LogP contribution is -2.48. The smallest absolute Gasteiger partial charge is 0.240 e. The average Bonchev–Trinajstić information content (AvgIpc) is 3.08. The van der Waals surface area contributed by atoms with Crippen LogP contribution < -0.4 is 14.8 Å². The van der Waals surface area contributed by atoms with Gasteiger partial charge in [-0.05, 0) is 24.6 Å². The van der Waals surface area contributed by atoms with Gasteiger partial charge in [0, 0.05) is 38.8 Å². The molecule has 1 fully saturated rings. The minimum Gasteiger partial charge on any atom is -0.486 e. The number of aryl methyl sites for hydroxylation is 1. The van der Waals surface area contributed by atoms with Crippen LogP contribution >= 0.6 is 0 Å². The fourth-order valence-corrected chi connectivity index (χ4v) is 3.35. The van der Waals surface area contributed by atoms with Crippen molar-refractivity contribution < 1.29 is 18.8 Å². The summed E-state index contributed by atoms with van der Waals surface area (Å²) in [5.74, 6) is 1.97. The van der Waals surface area contributed by atoms with Gasteiger partial charge in [0.15, 0.2) is 11.5 Å². The molecule has 1 aromatic carbocycles. The van der Waals surface area contributed by atoms with Gasteiger partial charge in [-0.15, -0.1) is 0 Å². The van der Waals surface area contributed by atoms with Gasteiger partial charge >= 0.3 is 0 Å². The lowest BCUT2D eigenvalue weighted by Gasteiger charge is -2.34. The molecule has 2 aromatic rings. The zero-order chi connectivity index (χ0) is 18.6. The zero-order valence-corrected chi connectivity index (χ0v) is 15.4. The van der Waals surface area contributed by atoms with Gasteiger partial charge in [-0.3, -0.25) is 19.9 Å². The first-order valence-electron chi connectivity index (χ1n) is 9.22. The Bertz CT molecular complexity index is 799. The summed E-state index contributed by atoms with van der Waals surface area (Å²) >= 11 is 0. The molecule has 3 heterocycles. The Balaban J connectivity index is 1.23. The molecule has 0 spiro atoms. The summed E-state index contributed by atoms with van der Waals surface area (Å²) in [7, 11) is 0. The first kappa shape index (κ1) is 17.8. The van der Waals surface area contributed by atoms with E-state index in [9.17, 15) is 4.79 Å². The van der Waals surface area contributed by atoms with Gasteiger partial charge in [0.05, 0.1) is 12.2 Å². The van der Waals surface area contributed by atoms with Crippen LogP contribution in [0.4, 0.5) is 5.88 Å². The maximum Gasteiger partial charge on any atom is 0.240 e. The number of benzene rings is 1. The van der Waals surface area contributed by atoms with Gasteiger partial charge in [0.25, 0.3) is 0 Å². The van der Waals surface area contributed by atoms with E-state index in [2.05, 4.69) is 32.4 Å². The molecule has 1 aromatic heterocycles. The van der Waals surface area contributed by atoms with E-state index in [1.165, 1.54) is 5.56 Å². The Morgan fingerprint density at radius 3 is 2.56 bits per heavy atom. The minimum absolute atomic E-state index is 0.0774. The largest absolute Gasteiger partial charge is 0.486 e. The average molecular weight is 372 g/mol. The van der Waals surface area contributed by atoms with Crippen LogP contribution in [-0.4, -0.2) is 66.8 Å². The molecular formula is C19H24N4O4. The number of nitrogens with zero attached hydrogens (tertiary/aromatic N) is 3. The van der Waals surface area contributed by atoms with Crippen LogP contribution in [0, 0.1) is 6.92 Å². The van der Waals surface area contributed by atoms with E-state index in [1.807, 2.05) is 13.0 Å². The lowest BCUT2D eigenvalue weighted by molar-refractivity contribution is -0.117. The maximum atomic E-state index is 12.1. The molecule has 4 rings (SSSR count). The van der Waals surface area contributed by atoms with Crippen LogP contribution in [0.3, 0.4) is 0 Å². The Hall–Kier alpha value is -2.58. The molecule has 2 aliphatic heterocycles. The molecule has 1 amide bonds. The number of hydrogen-bond acceptors (Lipinski definition) is 7. The number of amides is 1. The topological polar surface area (TPSA) is 80.1 Å². The number of fused-ring (bicyclic) bond motifs is 1. The number of hydrogen-bond donors (Lipinski definition) is 1. The molecule has 8 heteroatoms. The molecule has 144 valence electrons. The monoisotopic (exact) mass is 372 g/mol. The molecule has 1 N–H and O–H groups in total. The summed E-state index contributed by atoms with van der Waals surface area (Å²) < 4.78 is 16.2. The van der Waals surface area contributed by atoms with Crippen molar-refractivity contribution in [1.82, 2.24) is 15.0 Å². The van der Waals surface area contributed by atoms with Crippen molar-refractivity contribution in [3.05, 3.63) is 35.5 Å². The molecule has 0 saturated carbocycles. The molecule has 2 aliphatic rings.